The first kappa shape index (κ1) is 34.0. The zero-order chi connectivity index (χ0) is 32.3. The molecule has 1 unspecified atom stereocenters. The summed E-state index contributed by atoms with van der Waals surface area (Å²) in [6, 6.07) is 9.94. The number of rotatable bonds is 10. The van der Waals surface area contributed by atoms with Crippen molar-refractivity contribution in [3.05, 3.63) is 80.5 Å². The van der Waals surface area contributed by atoms with Gasteiger partial charge in [-0.15, -0.1) is 0 Å². The highest BCUT2D eigenvalue weighted by atomic mass is 35.5. The summed E-state index contributed by atoms with van der Waals surface area (Å²) in [5, 5.41) is 10.00. The van der Waals surface area contributed by atoms with Crippen molar-refractivity contribution in [2.75, 3.05) is 11.6 Å². The van der Waals surface area contributed by atoms with Gasteiger partial charge < -0.3 is 15.8 Å². The number of benzene rings is 3. The summed E-state index contributed by atoms with van der Waals surface area (Å²) in [7, 11) is -8.26. The van der Waals surface area contributed by atoms with Crippen molar-refractivity contribution in [2.24, 2.45) is 5.73 Å². The molecule has 3 rings (SSSR count). The molecule has 43 heavy (non-hydrogen) atoms. The maximum Gasteiger partial charge on any atom is 0.264 e. The number of anilines is 1. The minimum absolute atomic E-state index is 0.0341. The molecule has 0 heterocycles. The van der Waals surface area contributed by atoms with Gasteiger partial charge in [0.15, 0.2) is 21.4 Å². The molecular formula is C26H22Cl3FN4O7S2. The number of hydrogen-bond donors (Lipinski definition) is 3. The molecule has 0 spiro atoms. The van der Waals surface area contributed by atoms with Crippen LogP contribution in [-0.2, 0) is 35.9 Å². The van der Waals surface area contributed by atoms with Gasteiger partial charge >= 0.3 is 0 Å². The fraction of sp³-hybridized carbons (Fsp3) is 0.192. The molecule has 11 nitrogen and oxygen atoms in total. The van der Waals surface area contributed by atoms with Gasteiger partial charge in [0.1, 0.15) is 11.8 Å². The molecule has 17 heteroatoms. The summed E-state index contributed by atoms with van der Waals surface area (Å²) in [4.78, 5) is 24.5. The molecule has 3 aromatic carbocycles. The topological polar surface area (TPSA) is 186 Å². The number of nitrogens with two attached hydrogens (primary N) is 1. The number of carbonyl (C=O) groups excluding carboxylic acids is 2. The Kier molecular flexibility index (Phi) is 10.7. The number of amides is 2. The number of sulfonamides is 1. The number of ether oxygens (including phenoxy) is 1. The largest absolute Gasteiger partial charge is 0.453 e. The van der Waals surface area contributed by atoms with Crippen LogP contribution in [0.25, 0.3) is 0 Å². The molecule has 0 radical (unpaired) electrons. The third kappa shape index (κ3) is 8.56. The van der Waals surface area contributed by atoms with Crippen molar-refractivity contribution in [2.45, 2.75) is 29.5 Å². The van der Waals surface area contributed by atoms with Crippen molar-refractivity contribution in [3.63, 3.8) is 0 Å². The van der Waals surface area contributed by atoms with E-state index >= 15 is 4.39 Å². The van der Waals surface area contributed by atoms with E-state index in [1.807, 2.05) is 6.07 Å². The van der Waals surface area contributed by atoms with Gasteiger partial charge in [-0.3, -0.25) is 9.59 Å². The molecule has 0 aliphatic carbocycles. The smallest absolute Gasteiger partial charge is 0.264 e. The molecule has 0 aliphatic rings. The third-order valence-corrected chi connectivity index (χ3v) is 9.76. The Labute approximate surface area is 261 Å². The Bertz CT molecular complexity index is 1870. The molecule has 2 atom stereocenters. The van der Waals surface area contributed by atoms with E-state index < -0.39 is 65.8 Å². The lowest BCUT2D eigenvalue weighted by Crippen LogP contribution is -2.51. The highest BCUT2D eigenvalue weighted by molar-refractivity contribution is 7.91. The van der Waals surface area contributed by atoms with Crippen molar-refractivity contribution in [1.82, 2.24) is 4.72 Å². The van der Waals surface area contributed by atoms with E-state index in [0.29, 0.717) is 0 Å². The van der Waals surface area contributed by atoms with Gasteiger partial charge in [0, 0.05) is 16.8 Å². The molecule has 0 saturated heterocycles. The number of nitrogens with zero attached hydrogens (tertiary/aromatic N) is 1. The van der Waals surface area contributed by atoms with Crippen LogP contribution in [0.5, 0.6) is 11.5 Å². The lowest BCUT2D eigenvalue weighted by atomic mass is 10.1. The Balaban J connectivity index is 1.75. The van der Waals surface area contributed by atoms with Gasteiger partial charge in [-0.2, -0.15) is 5.26 Å². The zero-order valence-corrected chi connectivity index (χ0v) is 26.1. The van der Waals surface area contributed by atoms with Gasteiger partial charge in [0.05, 0.1) is 43.9 Å². The van der Waals surface area contributed by atoms with E-state index in [0.717, 1.165) is 31.4 Å². The second-order valence-corrected chi connectivity index (χ2v) is 14.5. The number of sulfone groups is 1. The SMILES string of the molecule is C[C@@H](C(N)C(=O)NS(=O)(=O)c1ccc(NC(=O)Cc2ccc(Cl)c(Oc3cc(Cl)cc(C#N)c3)c2F)c(Cl)c1)S(C)(=O)=O. The average Bonchev–Trinajstić information content (AvgIpc) is 2.91. The summed E-state index contributed by atoms with van der Waals surface area (Å²) in [6.07, 6.45) is 0.342. The van der Waals surface area contributed by atoms with Crippen molar-refractivity contribution in [1.29, 1.82) is 5.26 Å². The van der Waals surface area contributed by atoms with Gasteiger partial charge in [0.2, 0.25) is 5.91 Å². The summed E-state index contributed by atoms with van der Waals surface area (Å²) in [5.74, 6) is -3.31. The maximum absolute atomic E-state index is 15.3. The maximum atomic E-state index is 15.3. The molecule has 2 amide bonds. The van der Waals surface area contributed by atoms with Gasteiger partial charge in [0.25, 0.3) is 15.9 Å². The normalized spacial score (nSPS) is 13.0. The molecule has 3 aromatic rings. The Morgan fingerprint density at radius 3 is 2.33 bits per heavy atom. The molecule has 0 fully saturated rings. The number of carbonyl (C=O) groups is 2. The van der Waals surface area contributed by atoms with Crippen LogP contribution in [0, 0.1) is 17.1 Å². The van der Waals surface area contributed by atoms with Crippen LogP contribution in [0.3, 0.4) is 0 Å². The number of nitriles is 1. The van der Waals surface area contributed by atoms with E-state index in [2.05, 4.69) is 5.32 Å². The van der Waals surface area contributed by atoms with Crippen LogP contribution in [0.4, 0.5) is 10.1 Å². The first-order valence-electron chi connectivity index (χ1n) is 11.9. The number of hydrogen-bond acceptors (Lipinski definition) is 9. The molecule has 0 bridgehead atoms. The average molecular weight is 692 g/mol. The fourth-order valence-corrected chi connectivity index (χ4v) is 5.88. The Hall–Kier alpha value is -3.45. The third-order valence-electron chi connectivity index (χ3n) is 5.94. The van der Waals surface area contributed by atoms with Gasteiger partial charge in [-0.25, -0.2) is 25.9 Å². The fourth-order valence-electron chi connectivity index (χ4n) is 3.48. The predicted molar refractivity (Wildman–Crippen MR) is 159 cm³/mol. The molecule has 0 aliphatic heterocycles. The van der Waals surface area contributed by atoms with Gasteiger partial charge in [-0.1, -0.05) is 40.9 Å². The molecular weight excluding hydrogens is 670 g/mol. The monoisotopic (exact) mass is 690 g/mol. The van der Waals surface area contributed by atoms with Crippen LogP contribution in [0.1, 0.15) is 18.1 Å². The summed E-state index contributed by atoms with van der Waals surface area (Å²) < 4.78 is 71.1. The Morgan fingerprint density at radius 2 is 1.72 bits per heavy atom. The van der Waals surface area contributed by atoms with E-state index in [1.54, 1.807) is 4.72 Å². The van der Waals surface area contributed by atoms with Crippen LogP contribution in [0.15, 0.2) is 53.4 Å². The molecule has 0 aromatic heterocycles. The second kappa shape index (κ2) is 13.5. The molecule has 228 valence electrons. The van der Waals surface area contributed by atoms with Crippen LogP contribution < -0.4 is 20.5 Å². The predicted octanol–water partition coefficient (Wildman–Crippen LogP) is 4.20. The van der Waals surface area contributed by atoms with Crippen molar-refractivity contribution < 1.29 is 35.6 Å². The van der Waals surface area contributed by atoms with Crippen molar-refractivity contribution in [3.8, 4) is 17.6 Å². The van der Waals surface area contributed by atoms with Gasteiger partial charge in [-0.05, 0) is 49.4 Å². The minimum Gasteiger partial charge on any atom is -0.453 e. The van der Waals surface area contributed by atoms with Crippen LogP contribution >= 0.6 is 34.8 Å². The summed E-state index contributed by atoms with van der Waals surface area (Å²) in [5.41, 5.74) is 5.62. The van der Waals surface area contributed by atoms with Crippen molar-refractivity contribution >= 4 is 72.2 Å². The Morgan fingerprint density at radius 1 is 1.05 bits per heavy atom. The standard InChI is InChI=1S/C26H22Cl3FN4O7S2/c1-13(42(2,37)38)24(32)26(36)34-43(39,40)18-4-6-21(20(29)11-18)33-22(35)9-15-3-5-19(28)25(23(15)30)41-17-8-14(12-31)7-16(27)10-17/h3-8,10-11,13,24H,9,32H2,1-2H3,(H,33,35)(H,34,36)/t13-,24?/m0/s1. The zero-order valence-electron chi connectivity index (χ0n) is 22.2. The first-order valence-corrected chi connectivity index (χ1v) is 16.5. The lowest BCUT2D eigenvalue weighted by molar-refractivity contribution is -0.120. The second-order valence-electron chi connectivity index (χ2n) is 9.14. The molecule has 0 saturated carbocycles. The number of nitrogens with one attached hydrogen (secondary N) is 2. The first-order chi connectivity index (χ1) is 19.9. The number of halogens is 4. The molecule has 4 N–H and O–H groups in total. The lowest BCUT2D eigenvalue weighted by Gasteiger charge is -2.18. The highest BCUT2D eigenvalue weighted by Gasteiger charge is 2.31. The summed E-state index contributed by atoms with van der Waals surface area (Å²) >= 11 is 18.2. The highest BCUT2D eigenvalue weighted by Crippen LogP contribution is 2.35. The quantitative estimate of drug-likeness (QED) is 0.280. The van der Waals surface area contributed by atoms with Crippen LogP contribution in [-0.4, -0.2) is 46.2 Å². The van der Waals surface area contributed by atoms with E-state index in [-0.39, 0.29) is 37.6 Å². The summed E-state index contributed by atoms with van der Waals surface area (Å²) in [6.45, 7) is 1.16. The minimum atomic E-state index is -4.52. The van der Waals surface area contributed by atoms with E-state index in [1.165, 1.54) is 30.3 Å². The van der Waals surface area contributed by atoms with E-state index in [4.69, 9.17) is 50.5 Å². The van der Waals surface area contributed by atoms with Crippen LogP contribution in [0.2, 0.25) is 15.1 Å². The van der Waals surface area contributed by atoms with E-state index in [9.17, 15) is 26.4 Å².